The van der Waals surface area contributed by atoms with E-state index < -0.39 is 0 Å². The second-order valence-electron chi connectivity index (χ2n) is 5.24. The van der Waals surface area contributed by atoms with Gasteiger partial charge in [0.05, 0.1) is 6.61 Å². The fourth-order valence-electron chi connectivity index (χ4n) is 2.26. The fraction of sp³-hybridized carbons (Fsp3) is 0.350. The maximum Gasteiger partial charge on any atom is 0.130 e. The molecule has 2 rings (SSSR count). The van der Waals surface area contributed by atoms with Gasteiger partial charge in [0.2, 0.25) is 0 Å². The Balaban J connectivity index is 2.05. The summed E-state index contributed by atoms with van der Waals surface area (Å²) in [5.41, 5.74) is 2.39. The topological polar surface area (TPSA) is 18.5 Å². The first-order valence-corrected chi connectivity index (χ1v) is 8.09. The first kappa shape index (κ1) is 16.6. The van der Waals surface area contributed by atoms with Gasteiger partial charge in [-0.25, -0.2) is 0 Å². The largest absolute Gasteiger partial charge is 0.494 e. The molecule has 0 heterocycles. The van der Waals surface area contributed by atoms with E-state index in [-0.39, 0.29) is 0 Å². The van der Waals surface area contributed by atoms with Gasteiger partial charge in [0, 0.05) is 13.0 Å². The Morgan fingerprint density at radius 2 is 1.64 bits per heavy atom. The van der Waals surface area contributed by atoms with Gasteiger partial charge in [0.15, 0.2) is 0 Å². The summed E-state index contributed by atoms with van der Waals surface area (Å²) in [6.45, 7) is 5.65. The summed E-state index contributed by atoms with van der Waals surface area (Å²) >= 11 is 0. The molecule has 2 nitrogen and oxygen atoms in total. The summed E-state index contributed by atoms with van der Waals surface area (Å²) in [7, 11) is 0. The van der Waals surface area contributed by atoms with Gasteiger partial charge in [-0.3, -0.25) is 0 Å². The lowest BCUT2D eigenvalue weighted by atomic mass is 10.0. The van der Waals surface area contributed by atoms with Crippen molar-refractivity contribution in [3.63, 3.8) is 0 Å². The number of benzene rings is 2. The highest BCUT2D eigenvalue weighted by atomic mass is 16.5. The molecule has 22 heavy (non-hydrogen) atoms. The molecule has 0 amide bonds. The van der Waals surface area contributed by atoms with Crippen LogP contribution < -0.4 is 4.74 Å². The van der Waals surface area contributed by atoms with Crippen LogP contribution in [0.25, 0.3) is 0 Å². The van der Waals surface area contributed by atoms with Gasteiger partial charge in [0.1, 0.15) is 11.9 Å². The van der Waals surface area contributed by atoms with Gasteiger partial charge in [-0.05, 0) is 36.6 Å². The van der Waals surface area contributed by atoms with Crippen molar-refractivity contribution in [3.05, 3.63) is 71.8 Å². The molecule has 0 saturated carbocycles. The van der Waals surface area contributed by atoms with Crippen molar-refractivity contribution in [2.45, 2.75) is 33.1 Å². The van der Waals surface area contributed by atoms with Crippen LogP contribution in [0.15, 0.2) is 54.6 Å². The van der Waals surface area contributed by atoms with Crippen LogP contribution in [-0.2, 0) is 11.2 Å². The van der Waals surface area contributed by atoms with Crippen molar-refractivity contribution in [2.24, 2.45) is 0 Å². The summed E-state index contributed by atoms with van der Waals surface area (Å²) in [6, 6.07) is 18.6. The first-order chi connectivity index (χ1) is 10.8. The maximum atomic E-state index is 6.04. The Morgan fingerprint density at radius 1 is 0.909 bits per heavy atom. The zero-order valence-corrected chi connectivity index (χ0v) is 13.5. The minimum Gasteiger partial charge on any atom is -0.494 e. The highest BCUT2D eigenvalue weighted by molar-refractivity contribution is 5.34. The molecule has 0 aliphatic carbocycles. The van der Waals surface area contributed by atoms with Crippen molar-refractivity contribution in [1.82, 2.24) is 0 Å². The van der Waals surface area contributed by atoms with Crippen LogP contribution >= 0.6 is 0 Å². The van der Waals surface area contributed by atoms with E-state index in [1.54, 1.807) is 0 Å². The number of rotatable bonds is 9. The molecule has 117 valence electrons. The van der Waals surface area contributed by atoms with Gasteiger partial charge >= 0.3 is 0 Å². The minimum atomic E-state index is 0.695. The Labute approximate surface area is 134 Å². The normalized spacial score (nSPS) is 10.9. The maximum absolute atomic E-state index is 6.04. The molecule has 2 aromatic carbocycles. The standard InChI is InChI=1S/C20H25O2/c1-3-5-15-22-20(18-9-7-6-8-10-18)16-17-11-13-19(14-12-17)21-4-2/h6-14H,3-5,15-16H2,1-2H3. The fourth-order valence-corrected chi connectivity index (χ4v) is 2.26. The summed E-state index contributed by atoms with van der Waals surface area (Å²) in [4.78, 5) is 0. The third-order valence-electron chi connectivity index (χ3n) is 3.47. The van der Waals surface area contributed by atoms with E-state index in [1.165, 1.54) is 5.56 Å². The molecule has 1 radical (unpaired) electrons. The quantitative estimate of drug-likeness (QED) is 0.605. The Kier molecular flexibility index (Phi) is 6.98. The van der Waals surface area contributed by atoms with Crippen molar-refractivity contribution < 1.29 is 9.47 Å². The SMILES string of the molecule is CCCCO[C](Cc1ccc(OCC)cc1)c1ccccc1. The summed E-state index contributed by atoms with van der Waals surface area (Å²) in [5, 5.41) is 0. The van der Waals surface area contributed by atoms with E-state index in [0.29, 0.717) is 6.61 Å². The van der Waals surface area contributed by atoms with Crippen LogP contribution in [0.4, 0.5) is 0 Å². The lowest BCUT2D eigenvalue weighted by molar-refractivity contribution is 0.153. The second-order valence-corrected chi connectivity index (χ2v) is 5.24. The molecule has 2 heteroatoms. The Hall–Kier alpha value is -1.80. The van der Waals surface area contributed by atoms with E-state index in [4.69, 9.17) is 9.47 Å². The number of ether oxygens (including phenoxy) is 2. The summed E-state index contributed by atoms with van der Waals surface area (Å²) < 4.78 is 11.5. The Morgan fingerprint density at radius 3 is 2.27 bits per heavy atom. The zero-order valence-electron chi connectivity index (χ0n) is 13.5. The molecule has 0 saturated heterocycles. The van der Waals surface area contributed by atoms with Crippen LogP contribution in [0.1, 0.15) is 37.8 Å². The third-order valence-corrected chi connectivity index (χ3v) is 3.47. The van der Waals surface area contributed by atoms with Crippen LogP contribution in [0.5, 0.6) is 5.75 Å². The van der Waals surface area contributed by atoms with Crippen molar-refractivity contribution in [1.29, 1.82) is 0 Å². The van der Waals surface area contributed by atoms with E-state index >= 15 is 0 Å². The molecular weight excluding hydrogens is 272 g/mol. The number of hydrogen-bond acceptors (Lipinski definition) is 2. The van der Waals surface area contributed by atoms with Gasteiger partial charge in [-0.2, -0.15) is 0 Å². The molecular formula is C20H25O2. The Bertz CT molecular complexity index is 519. The molecule has 0 aromatic heterocycles. The molecule has 0 aliphatic rings. The van der Waals surface area contributed by atoms with Gasteiger partial charge in [-0.1, -0.05) is 55.8 Å². The number of unbranched alkanes of at least 4 members (excludes halogenated alkanes) is 1. The molecule has 0 bridgehead atoms. The molecule has 0 spiro atoms. The van der Waals surface area contributed by atoms with Crippen molar-refractivity contribution in [2.75, 3.05) is 13.2 Å². The lowest BCUT2D eigenvalue weighted by Crippen LogP contribution is -2.10. The van der Waals surface area contributed by atoms with Gasteiger partial charge in [-0.15, -0.1) is 0 Å². The number of hydrogen-bond donors (Lipinski definition) is 0. The summed E-state index contributed by atoms with van der Waals surface area (Å²) in [6.07, 6.45) is 4.07. The zero-order chi connectivity index (χ0) is 15.6. The lowest BCUT2D eigenvalue weighted by Gasteiger charge is -2.17. The predicted octanol–water partition coefficient (Wildman–Crippen LogP) is 5.02. The van der Waals surface area contributed by atoms with Crippen LogP contribution in [0.3, 0.4) is 0 Å². The van der Waals surface area contributed by atoms with E-state index in [2.05, 4.69) is 43.3 Å². The third kappa shape index (κ3) is 5.19. The first-order valence-electron chi connectivity index (χ1n) is 8.09. The van der Waals surface area contributed by atoms with Crippen molar-refractivity contribution in [3.8, 4) is 5.75 Å². The molecule has 0 atom stereocenters. The van der Waals surface area contributed by atoms with Crippen LogP contribution in [0.2, 0.25) is 0 Å². The molecule has 0 unspecified atom stereocenters. The second kappa shape index (κ2) is 9.26. The van der Waals surface area contributed by atoms with E-state index in [9.17, 15) is 0 Å². The van der Waals surface area contributed by atoms with Crippen molar-refractivity contribution >= 4 is 0 Å². The molecule has 0 N–H and O–H groups in total. The highest BCUT2D eigenvalue weighted by Crippen LogP contribution is 2.23. The smallest absolute Gasteiger partial charge is 0.130 e. The molecule has 0 aliphatic heterocycles. The summed E-state index contributed by atoms with van der Waals surface area (Å²) in [5.74, 6) is 0.916. The van der Waals surface area contributed by atoms with Crippen LogP contribution in [0, 0.1) is 6.10 Å². The van der Waals surface area contributed by atoms with E-state index in [1.807, 2.05) is 25.1 Å². The average molecular weight is 297 g/mol. The molecule has 0 fully saturated rings. The van der Waals surface area contributed by atoms with Gasteiger partial charge < -0.3 is 9.47 Å². The monoisotopic (exact) mass is 297 g/mol. The highest BCUT2D eigenvalue weighted by Gasteiger charge is 2.14. The van der Waals surface area contributed by atoms with E-state index in [0.717, 1.165) is 43.3 Å². The van der Waals surface area contributed by atoms with Gasteiger partial charge in [0.25, 0.3) is 0 Å². The minimum absolute atomic E-state index is 0.695. The molecule has 2 aromatic rings. The predicted molar refractivity (Wildman–Crippen MR) is 91.0 cm³/mol. The van der Waals surface area contributed by atoms with Crippen LogP contribution in [-0.4, -0.2) is 13.2 Å². The average Bonchev–Trinajstić information content (AvgIpc) is 2.57.